The van der Waals surface area contributed by atoms with E-state index in [-0.39, 0.29) is 24.8 Å². The molecule has 0 radical (unpaired) electrons. The van der Waals surface area contributed by atoms with Crippen LogP contribution in [0.2, 0.25) is 0 Å². The third kappa shape index (κ3) is 7.60. The Kier molecular flexibility index (Phi) is 5.80. The Hall–Kier alpha value is -0.510. The summed E-state index contributed by atoms with van der Waals surface area (Å²) in [7, 11) is -2.67. The van der Waals surface area contributed by atoms with Crippen molar-refractivity contribution in [2.45, 2.75) is 13.8 Å². The van der Waals surface area contributed by atoms with Crippen molar-refractivity contribution >= 4 is 19.8 Å². The van der Waals surface area contributed by atoms with Crippen LogP contribution in [0.3, 0.4) is 0 Å². The standard InChI is InChI=1S/C6H11O5P/c1-5(7)3-10-12(9)11-4-6(2)8/h12H,3-4H2,1-2H3. The molecule has 5 nitrogen and oxygen atoms in total. The van der Waals surface area contributed by atoms with Gasteiger partial charge in [0.1, 0.15) is 13.2 Å². The van der Waals surface area contributed by atoms with Crippen molar-refractivity contribution in [1.29, 1.82) is 0 Å². The van der Waals surface area contributed by atoms with Gasteiger partial charge in [0.25, 0.3) is 0 Å². The van der Waals surface area contributed by atoms with Gasteiger partial charge in [0, 0.05) is 0 Å². The molecule has 0 aliphatic carbocycles. The monoisotopic (exact) mass is 194 g/mol. The Labute approximate surface area is 71.0 Å². The number of hydrogen-bond acceptors (Lipinski definition) is 5. The van der Waals surface area contributed by atoms with Gasteiger partial charge >= 0.3 is 8.25 Å². The molecule has 70 valence electrons. The fraction of sp³-hybridized carbons (Fsp3) is 0.667. The lowest BCUT2D eigenvalue weighted by Crippen LogP contribution is -2.02. The zero-order valence-electron chi connectivity index (χ0n) is 6.96. The molecule has 0 aromatic carbocycles. The average molecular weight is 194 g/mol. The number of rotatable bonds is 6. The number of carbonyl (C=O) groups excluding carboxylic acids is 2. The van der Waals surface area contributed by atoms with Crippen LogP contribution < -0.4 is 0 Å². The molecule has 6 heteroatoms. The second-order valence-electron chi connectivity index (χ2n) is 2.23. The van der Waals surface area contributed by atoms with E-state index in [2.05, 4.69) is 9.05 Å². The van der Waals surface area contributed by atoms with Crippen LogP contribution in [-0.4, -0.2) is 24.8 Å². The molecular formula is C6H11O5P. The van der Waals surface area contributed by atoms with E-state index in [1.54, 1.807) is 0 Å². The van der Waals surface area contributed by atoms with Crippen LogP contribution in [0, 0.1) is 0 Å². The highest BCUT2D eigenvalue weighted by Crippen LogP contribution is 2.22. The van der Waals surface area contributed by atoms with Crippen molar-refractivity contribution in [3.63, 3.8) is 0 Å². The van der Waals surface area contributed by atoms with E-state index >= 15 is 0 Å². The van der Waals surface area contributed by atoms with Crippen LogP contribution >= 0.6 is 8.25 Å². The van der Waals surface area contributed by atoms with Crippen molar-refractivity contribution < 1.29 is 23.2 Å². The average Bonchev–Trinajstić information content (AvgIpc) is 1.96. The maximum Gasteiger partial charge on any atom is 0.319 e. The molecule has 0 unspecified atom stereocenters. The first-order valence-corrected chi connectivity index (χ1v) is 4.53. The SMILES string of the molecule is CC(=O)CO[PH](=O)OCC(C)=O. The third-order valence-corrected chi connectivity index (χ3v) is 1.55. The van der Waals surface area contributed by atoms with Gasteiger partial charge in [-0.05, 0) is 13.8 Å². The zero-order valence-corrected chi connectivity index (χ0v) is 7.96. The summed E-state index contributed by atoms with van der Waals surface area (Å²) >= 11 is 0. The predicted octanol–water partition coefficient (Wildman–Crippen LogP) is 0.587. The normalized spacial score (nSPS) is 10.2. The Morgan fingerprint density at radius 3 is 1.67 bits per heavy atom. The van der Waals surface area contributed by atoms with Crippen LogP contribution in [0.5, 0.6) is 0 Å². The highest BCUT2D eigenvalue weighted by Gasteiger charge is 2.02. The molecule has 0 saturated carbocycles. The van der Waals surface area contributed by atoms with Gasteiger partial charge in [-0.2, -0.15) is 0 Å². The van der Waals surface area contributed by atoms with Gasteiger partial charge in [-0.15, -0.1) is 0 Å². The second-order valence-corrected chi connectivity index (χ2v) is 3.31. The molecule has 0 saturated heterocycles. The van der Waals surface area contributed by atoms with E-state index in [1.165, 1.54) is 13.8 Å². The maximum absolute atomic E-state index is 10.7. The minimum Gasteiger partial charge on any atom is -0.303 e. The first-order valence-electron chi connectivity index (χ1n) is 3.31. The summed E-state index contributed by atoms with van der Waals surface area (Å²) in [6.07, 6.45) is 0. The smallest absolute Gasteiger partial charge is 0.303 e. The first kappa shape index (κ1) is 11.5. The summed E-state index contributed by atoms with van der Waals surface area (Å²) in [4.78, 5) is 20.6. The lowest BCUT2D eigenvalue weighted by molar-refractivity contribution is -0.119. The number of carbonyl (C=O) groups is 2. The van der Waals surface area contributed by atoms with Crippen molar-refractivity contribution in [1.82, 2.24) is 0 Å². The number of Topliss-reactive ketones (excluding diaryl/α,β-unsaturated/α-hetero) is 2. The summed E-state index contributed by atoms with van der Waals surface area (Å²) in [5.74, 6) is -0.473. The minimum atomic E-state index is -2.67. The number of ketones is 2. The Morgan fingerprint density at radius 1 is 1.08 bits per heavy atom. The quantitative estimate of drug-likeness (QED) is 0.578. The van der Waals surface area contributed by atoms with Crippen molar-refractivity contribution in [2.75, 3.05) is 13.2 Å². The molecule has 0 aliphatic heterocycles. The lowest BCUT2D eigenvalue weighted by Gasteiger charge is -2.00. The van der Waals surface area contributed by atoms with Crippen LogP contribution in [-0.2, 0) is 23.2 Å². The molecular weight excluding hydrogens is 183 g/mol. The topological polar surface area (TPSA) is 69.7 Å². The van der Waals surface area contributed by atoms with Gasteiger partial charge in [-0.25, -0.2) is 0 Å². The van der Waals surface area contributed by atoms with Crippen LogP contribution in [0.1, 0.15) is 13.8 Å². The molecule has 0 bridgehead atoms. The van der Waals surface area contributed by atoms with Crippen molar-refractivity contribution in [3.8, 4) is 0 Å². The largest absolute Gasteiger partial charge is 0.319 e. The third-order valence-electron chi connectivity index (χ3n) is 0.787. The zero-order chi connectivity index (χ0) is 9.56. The molecule has 0 spiro atoms. The van der Waals surface area contributed by atoms with E-state index in [0.29, 0.717) is 0 Å². The highest BCUT2D eigenvalue weighted by atomic mass is 31.1. The van der Waals surface area contributed by atoms with Gasteiger partial charge in [0.2, 0.25) is 0 Å². The maximum atomic E-state index is 10.7. The van der Waals surface area contributed by atoms with Gasteiger partial charge in [0.15, 0.2) is 11.6 Å². The lowest BCUT2D eigenvalue weighted by atomic mass is 10.5. The summed E-state index contributed by atoms with van der Waals surface area (Å²) in [6.45, 7) is 2.13. The van der Waals surface area contributed by atoms with E-state index in [1.807, 2.05) is 0 Å². The van der Waals surface area contributed by atoms with Crippen LogP contribution in [0.4, 0.5) is 0 Å². The van der Waals surface area contributed by atoms with Crippen molar-refractivity contribution in [2.24, 2.45) is 0 Å². The molecule has 0 fully saturated rings. The molecule has 0 amide bonds. The summed E-state index contributed by atoms with van der Waals surface area (Å²) in [5.41, 5.74) is 0. The van der Waals surface area contributed by atoms with E-state index in [4.69, 9.17) is 0 Å². The van der Waals surface area contributed by atoms with Gasteiger partial charge in [-0.3, -0.25) is 14.2 Å². The summed E-state index contributed by atoms with van der Waals surface area (Å²) < 4.78 is 19.6. The van der Waals surface area contributed by atoms with E-state index in [0.717, 1.165) is 0 Å². The molecule has 0 N–H and O–H groups in total. The molecule has 0 atom stereocenters. The van der Waals surface area contributed by atoms with Crippen LogP contribution in [0.15, 0.2) is 0 Å². The first-order chi connectivity index (χ1) is 5.52. The fourth-order valence-corrected chi connectivity index (χ4v) is 1.09. The Bertz CT molecular complexity index is 180. The fourth-order valence-electron chi connectivity index (χ4n) is 0.363. The Balaban J connectivity index is 3.47. The molecule has 12 heavy (non-hydrogen) atoms. The van der Waals surface area contributed by atoms with E-state index < -0.39 is 8.25 Å². The molecule has 0 aromatic rings. The molecule has 0 aliphatic rings. The predicted molar refractivity (Wildman–Crippen MR) is 42.3 cm³/mol. The molecule has 0 rings (SSSR count). The minimum absolute atomic E-state index is 0.236. The summed E-state index contributed by atoms with van der Waals surface area (Å²) in [5, 5.41) is 0. The molecule has 0 heterocycles. The van der Waals surface area contributed by atoms with Gasteiger partial charge < -0.3 is 9.05 Å². The van der Waals surface area contributed by atoms with Gasteiger partial charge in [-0.1, -0.05) is 0 Å². The van der Waals surface area contributed by atoms with Crippen LogP contribution in [0.25, 0.3) is 0 Å². The summed E-state index contributed by atoms with van der Waals surface area (Å²) in [6, 6.07) is 0. The highest BCUT2D eigenvalue weighted by molar-refractivity contribution is 7.33. The van der Waals surface area contributed by atoms with E-state index in [9.17, 15) is 14.2 Å². The molecule has 0 aromatic heterocycles. The number of hydrogen-bond donors (Lipinski definition) is 0. The Morgan fingerprint density at radius 2 is 1.42 bits per heavy atom. The van der Waals surface area contributed by atoms with Crippen molar-refractivity contribution in [3.05, 3.63) is 0 Å². The second kappa shape index (κ2) is 6.06. The van der Waals surface area contributed by atoms with Gasteiger partial charge in [0.05, 0.1) is 0 Å².